The highest BCUT2D eigenvalue weighted by Gasteiger charge is 2.46. The molecule has 0 saturated heterocycles. The Morgan fingerprint density at radius 1 is 0.625 bits per heavy atom. The summed E-state index contributed by atoms with van der Waals surface area (Å²) in [6, 6.07) is 0. The van der Waals surface area contributed by atoms with Gasteiger partial charge in [0.2, 0.25) is 0 Å². The highest BCUT2D eigenvalue weighted by atomic mass is 31.2. The van der Waals surface area contributed by atoms with Gasteiger partial charge in [0.25, 0.3) is 0 Å². The molecule has 0 heterocycles. The summed E-state index contributed by atoms with van der Waals surface area (Å²) in [5, 5.41) is 19.6. The topological polar surface area (TPSA) is 241 Å². The predicted octanol–water partition coefficient (Wildman–Crippen LogP) is -2.06. The lowest BCUT2D eigenvalue weighted by molar-refractivity contribution is -0.0549. The lowest BCUT2D eigenvalue weighted by atomic mass is 10.1. The molecule has 5 atom stereocenters. The van der Waals surface area contributed by atoms with Crippen molar-refractivity contribution in [3.63, 3.8) is 0 Å². The smallest absolute Gasteiger partial charge is 0.390 e. The zero-order valence-corrected chi connectivity index (χ0v) is 14.4. The van der Waals surface area contributed by atoms with Crippen LogP contribution in [0.4, 0.5) is 0 Å². The number of aliphatic hydroxyl groups is 2. The molecule has 14 nitrogen and oxygen atoms in total. The normalized spacial score (nSPS) is 33.2. The van der Waals surface area contributed by atoms with Gasteiger partial charge in [-0.3, -0.25) is 13.6 Å². The van der Waals surface area contributed by atoms with E-state index in [1.807, 2.05) is 0 Å². The molecule has 1 aliphatic rings. The standard InChI is InChI=1S/C7H17O14P3/c8-3-1-4(9)7(21-24(16,17)18)6(20-23(13,14)15)2-5(3)19-22(10,11)12/h3-9H,1-2H2,(H2,10,11,12)(H2,13,14,15)(H2,16,17,18)/t3-,4+,5-,6+,7-/m1/s1. The summed E-state index contributed by atoms with van der Waals surface area (Å²) in [7, 11) is -15.6. The van der Waals surface area contributed by atoms with Gasteiger partial charge >= 0.3 is 23.5 Å². The monoisotopic (exact) mass is 418 g/mol. The molecule has 0 radical (unpaired) electrons. The minimum absolute atomic E-state index is 0.726. The number of aliphatic hydroxyl groups excluding tert-OH is 2. The van der Waals surface area contributed by atoms with Crippen molar-refractivity contribution >= 4 is 23.5 Å². The molecule has 0 aliphatic heterocycles. The third-order valence-electron chi connectivity index (χ3n) is 2.93. The molecule has 0 aromatic carbocycles. The zero-order valence-electron chi connectivity index (χ0n) is 11.7. The molecule has 0 spiro atoms. The summed E-state index contributed by atoms with van der Waals surface area (Å²) < 4.78 is 45.6. The van der Waals surface area contributed by atoms with Crippen molar-refractivity contribution in [3.8, 4) is 0 Å². The predicted molar refractivity (Wildman–Crippen MR) is 72.0 cm³/mol. The van der Waals surface area contributed by atoms with Crippen molar-refractivity contribution < 1.29 is 66.8 Å². The van der Waals surface area contributed by atoms with Crippen LogP contribution in [0.15, 0.2) is 0 Å². The van der Waals surface area contributed by atoms with Crippen LogP contribution in [0.5, 0.6) is 0 Å². The van der Waals surface area contributed by atoms with Gasteiger partial charge in [0.05, 0.1) is 18.3 Å². The fourth-order valence-electron chi connectivity index (χ4n) is 2.17. The molecule has 0 unspecified atom stereocenters. The van der Waals surface area contributed by atoms with Crippen LogP contribution in [0, 0.1) is 0 Å². The van der Waals surface area contributed by atoms with Gasteiger partial charge in [0.15, 0.2) is 0 Å². The van der Waals surface area contributed by atoms with Gasteiger partial charge in [-0.2, -0.15) is 0 Å². The van der Waals surface area contributed by atoms with Crippen LogP contribution in [0.25, 0.3) is 0 Å². The average molecular weight is 418 g/mol. The molecule has 1 aliphatic carbocycles. The number of rotatable bonds is 6. The van der Waals surface area contributed by atoms with E-state index < -0.39 is 66.8 Å². The van der Waals surface area contributed by atoms with Gasteiger partial charge in [-0.15, -0.1) is 0 Å². The van der Waals surface area contributed by atoms with Crippen LogP contribution in [0.1, 0.15) is 12.8 Å². The first kappa shape index (κ1) is 22.3. The number of phosphoric ester groups is 3. The molecular formula is C7H17O14P3. The molecule has 17 heteroatoms. The largest absolute Gasteiger partial charge is 0.470 e. The first-order valence-electron chi connectivity index (χ1n) is 6.15. The molecule has 8 N–H and O–H groups in total. The van der Waals surface area contributed by atoms with E-state index in [4.69, 9.17) is 29.4 Å². The molecular weight excluding hydrogens is 401 g/mol. The Kier molecular flexibility index (Phi) is 7.31. The molecule has 1 saturated carbocycles. The lowest BCUT2D eigenvalue weighted by Gasteiger charge is -2.29. The zero-order chi connectivity index (χ0) is 18.9. The quantitative estimate of drug-likeness (QED) is 0.171. The summed E-state index contributed by atoms with van der Waals surface area (Å²) in [4.78, 5) is 52.9. The second-order valence-electron chi connectivity index (χ2n) is 4.94. The van der Waals surface area contributed by atoms with E-state index in [0.717, 1.165) is 0 Å². The lowest BCUT2D eigenvalue weighted by Crippen LogP contribution is -2.39. The van der Waals surface area contributed by atoms with Crippen LogP contribution in [-0.2, 0) is 27.3 Å². The Morgan fingerprint density at radius 2 is 1.04 bits per heavy atom. The molecule has 0 aromatic rings. The number of phosphoric acid groups is 3. The van der Waals surface area contributed by atoms with Crippen molar-refractivity contribution in [3.05, 3.63) is 0 Å². The molecule has 24 heavy (non-hydrogen) atoms. The summed E-state index contributed by atoms with van der Waals surface area (Å²) in [6.07, 6.45) is -11.0. The van der Waals surface area contributed by atoms with E-state index in [9.17, 15) is 23.9 Å². The van der Waals surface area contributed by atoms with Gasteiger partial charge in [-0.25, -0.2) is 13.7 Å². The summed E-state index contributed by atoms with van der Waals surface area (Å²) in [5.41, 5.74) is 0. The second kappa shape index (κ2) is 7.87. The van der Waals surface area contributed by atoms with Gasteiger partial charge in [-0.1, -0.05) is 0 Å². The maximum atomic E-state index is 11.0. The van der Waals surface area contributed by atoms with E-state index in [1.54, 1.807) is 0 Å². The van der Waals surface area contributed by atoms with Crippen LogP contribution in [-0.4, -0.2) is 70.1 Å². The van der Waals surface area contributed by atoms with E-state index >= 15 is 0 Å². The molecule has 144 valence electrons. The van der Waals surface area contributed by atoms with Gasteiger partial charge in [0.1, 0.15) is 12.2 Å². The molecule has 1 rings (SSSR count). The van der Waals surface area contributed by atoms with Crippen LogP contribution in [0.2, 0.25) is 0 Å². The first-order chi connectivity index (χ1) is 10.6. The maximum Gasteiger partial charge on any atom is 0.470 e. The van der Waals surface area contributed by atoms with Crippen molar-refractivity contribution in [2.45, 2.75) is 43.4 Å². The highest BCUT2D eigenvalue weighted by Crippen LogP contribution is 2.48. The van der Waals surface area contributed by atoms with Crippen molar-refractivity contribution in [2.75, 3.05) is 0 Å². The number of hydrogen-bond acceptors (Lipinski definition) is 8. The van der Waals surface area contributed by atoms with Crippen molar-refractivity contribution in [1.82, 2.24) is 0 Å². The minimum atomic E-state index is -5.26. The Labute approximate surface area is 134 Å². The van der Waals surface area contributed by atoms with E-state index in [2.05, 4.69) is 13.6 Å². The maximum absolute atomic E-state index is 11.0. The number of hydrogen-bond donors (Lipinski definition) is 8. The summed E-state index contributed by atoms with van der Waals surface area (Å²) >= 11 is 0. The third kappa shape index (κ3) is 8.09. The Bertz CT molecular complexity index is 561. The molecule has 0 aromatic heterocycles. The summed E-state index contributed by atoms with van der Waals surface area (Å²) in [6.45, 7) is 0. The Morgan fingerprint density at radius 3 is 1.46 bits per heavy atom. The van der Waals surface area contributed by atoms with Gasteiger partial charge in [0, 0.05) is 12.8 Å². The van der Waals surface area contributed by atoms with Crippen molar-refractivity contribution in [1.29, 1.82) is 0 Å². The van der Waals surface area contributed by atoms with Crippen LogP contribution in [0.3, 0.4) is 0 Å². The average Bonchev–Trinajstić information content (AvgIpc) is 2.36. The highest BCUT2D eigenvalue weighted by molar-refractivity contribution is 7.46. The fraction of sp³-hybridized carbons (Fsp3) is 1.00. The minimum Gasteiger partial charge on any atom is -0.390 e. The van der Waals surface area contributed by atoms with Crippen LogP contribution >= 0.6 is 23.5 Å². The van der Waals surface area contributed by atoms with Crippen molar-refractivity contribution in [2.24, 2.45) is 0 Å². The fourth-order valence-corrected chi connectivity index (χ4v) is 3.90. The Hall–Kier alpha value is 0.250. The van der Waals surface area contributed by atoms with E-state index in [-0.39, 0.29) is 0 Å². The molecule has 1 fully saturated rings. The molecule has 0 bridgehead atoms. The Balaban J connectivity index is 3.15. The van der Waals surface area contributed by atoms with Gasteiger partial charge < -0.3 is 39.6 Å². The van der Waals surface area contributed by atoms with E-state index in [0.29, 0.717) is 0 Å². The molecule has 0 amide bonds. The van der Waals surface area contributed by atoms with Gasteiger partial charge in [-0.05, 0) is 0 Å². The second-order valence-corrected chi connectivity index (χ2v) is 8.51. The van der Waals surface area contributed by atoms with Crippen LogP contribution < -0.4 is 0 Å². The SMILES string of the molecule is O=P(O)(O)O[C@H]1[C@@H](OP(=O)(O)O)C[C@@H](OP(=O)(O)O)[C@H](O)C[C@@H]1O. The third-order valence-corrected chi connectivity index (χ3v) is 4.54. The van der Waals surface area contributed by atoms with E-state index in [1.165, 1.54) is 0 Å². The first-order valence-corrected chi connectivity index (χ1v) is 10.7. The summed E-state index contributed by atoms with van der Waals surface area (Å²) in [5.74, 6) is 0.